The number of imidazole rings is 1. The molecule has 8 heteroatoms. The van der Waals surface area contributed by atoms with Gasteiger partial charge in [-0.15, -0.1) is 0 Å². The maximum atomic E-state index is 12.6. The smallest absolute Gasteiger partial charge is 0.319 e. The summed E-state index contributed by atoms with van der Waals surface area (Å²) < 4.78 is 31.7. The highest BCUT2D eigenvalue weighted by Crippen LogP contribution is 2.12. The largest absolute Gasteiger partial charge is 0.489 e. The Bertz CT molecular complexity index is 634. The molecule has 0 saturated carbocycles. The first-order valence-electron chi connectivity index (χ1n) is 7.59. The van der Waals surface area contributed by atoms with Crippen LogP contribution in [-0.4, -0.2) is 34.8 Å². The highest BCUT2D eigenvalue weighted by atomic mass is 19.3. The molecule has 2 N–H and O–H groups in total. The molecule has 130 valence electrons. The fourth-order valence-electron chi connectivity index (χ4n) is 2.08. The summed E-state index contributed by atoms with van der Waals surface area (Å²) in [5, 5.41) is 5.27. The van der Waals surface area contributed by atoms with Crippen LogP contribution >= 0.6 is 0 Å². The molecule has 1 atom stereocenters. The van der Waals surface area contributed by atoms with Crippen molar-refractivity contribution in [3.05, 3.63) is 48.5 Å². The lowest BCUT2D eigenvalue weighted by Crippen LogP contribution is -2.41. The summed E-state index contributed by atoms with van der Waals surface area (Å²) >= 11 is 0. The SMILES string of the molecule is C[C@H](CNC(=O)NCCc1nccn1C(F)F)Oc1ccccc1. The zero-order chi connectivity index (χ0) is 17.4. The molecule has 0 fully saturated rings. The van der Waals surface area contributed by atoms with Crippen molar-refractivity contribution in [1.82, 2.24) is 20.2 Å². The van der Waals surface area contributed by atoms with E-state index in [2.05, 4.69) is 15.6 Å². The third kappa shape index (κ3) is 5.53. The van der Waals surface area contributed by atoms with Gasteiger partial charge in [-0.05, 0) is 19.1 Å². The minimum Gasteiger partial charge on any atom is -0.489 e. The number of hydrogen-bond acceptors (Lipinski definition) is 3. The second-order valence-corrected chi connectivity index (χ2v) is 5.16. The molecule has 1 heterocycles. The number of ether oxygens (including phenoxy) is 1. The van der Waals surface area contributed by atoms with Crippen molar-refractivity contribution < 1.29 is 18.3 Å². The highest BCUT2D eigenvalue weighted by molar-refractivity contribution is 5.73. The Labute approximate surface area is 138 Å². The first-order chi connectivity index (χ1) is 11.6. The van der Waals surface area contributed by atoms with Gasteiger partial charge in [-0.25, -0.2) is 9.78 Å². The number of carbonyl (C=O) groups is 1. The number of carbonyl (C=O) groups excluding carboxylic acids is 1. The molecule has 0 bridgehead atoms. The van der Waals surface area contributed by atoms with Gasteiger partial charge in [0.15, 0.2) is 0 Å². The van der Waals surface area contributed by atoms with E-state index >= 15 is 0 Å². The van der Waals surface area contributed by atoms with Crippen LogP contribution in [0.15, 0.2) is 42.7 Å². The number of para-hydroxylation sites is 1. The molecule has 6 nitrogen and oxygen atoms in total. The molecular weight excluding hydrogens is 318 g/mol. The molecule has 1 aromatic carbocycles. The van der Waals surface area contributed by atoms with E-state index in [4.69, 9.17) is 4.74 Å². The Morgan fingerprint density at radius 3 is 2.75 bits per heavy atom. The van der Waals surface area contributed by atoms with Gasteiger partial charge in [-0.1, -0.05) is 18.2 Å². The van der Waals surface area contributed by atoms with Crippen molar-refractivity contribution in [2.75, 3.05) is 13.1 Å². The third-order valence-corrected chi connectivity index (χ3v) is 3.22. The van der Waals surface area contributed by atoms with Crippen molar-refractivity contribution in [3.8, 4) is 5.75 Å². The van der Waals surface area contributed by atoms with Crippen LogP contribution in [0, 0.1) is 0 Å². The van der Waals surface area contributed by atoms with E-state index in [0.717, 1.165) is 10.3 Å². The van der Waals surface area contributed by atoms with Gasteiger partial charge in [0.25, 0.3) is 0 Å². The molecule has 24 heavy (non-hydrogen) atoms. The average Bonchev–Trinajstić information content (AvgIpc) is 3.03. The van der Waals surface area contributed by atoms with Crippen LogP contribution in [0.4, 0.5) is 13.6 Å². The maximum absolute atomic E-state index is 12.6. The van der Waals surface area contributed by atoms with E-state index in [1.807, 2.05) is 37.3 Å². The van der Waals surface area contributed by atoms with E-state index < -0.39 is 6.55 Å². The summed E-state index contributed by atoms with van der Waals surface area (Å²) in [6, 6.07) is 8.91. The molecule has 2 amide bonds. The van der Waals surface area contributed by atoms with Crippen molar-refractivity contribution >= 4 is 6.03 Å². The van der Waals surface area contributed by atoms with E-state index in [1.54, 1.807) is 0 Å². The molecule has 1 aromatic heterocycles. The van der Waals surface area contributed by atoms with Crippen LogP contribution in [0.25, 0.3) is 0 Å². The lowest BCUT2D eigenvalue weighted by Gasteiger charge is -2.15. The zero-order valence-corrected chi connectivity index (χ0v) is 13.3. The Kier molecular flexibility index (Phi) is 6.53. The second-order valence-electron chi connectivity index (χ2n) is 5.16. The van der Waals surface area contributed by atoms with Gasteiger partial charge in [-0.3, -0.25) is 4.57 Å². The number of amides is 2. The molecular formula is C16H20F2N4O2. The van der Waals surface area contributed by atoms with Gasteiger partial charge in [0.2, 0.25) is 0 Å². The molecule has 0 spiro atoms. The maximum Gasteiger partial charge on any atom is 0.319 e. The summed E-state index contributed by atoms with van der Waals surface area (Å²) in [5.74, 6) is 0.956. The molecule has 0 aliphatic carbocycles. The van der Waals surface area contributed by atoms with Gasteiger partial charge in [0.1, 0.15) is 17.7 Å². The number of hydrogen-bond donors (Lipinski definition) is 2. The van der Waals surface area contributed by atoms with Crippen molar-refractivity contribution in [2.45, 2.75) is 26.0 Å². The van der Waals surface area contributed by atoms with Crippen molar-refractivity contribution in [3.63, 3.8) is 0 Å². The van der Waals surface area contributed by atoms with Crippen LogP contribution < -0.4 is 15.4 Å². The molecule has 0 aliphatic rings. The first kappa shape index (κ1) is 17.7. The molecule has 0 aliphatic heterocycles. The van der Waals surface area contributed by atoms with Gasteiger partial charge < -0.3 is 15.4 Å². The van der Waals surface area contributed by atoms with E-state index in [1.165, 1.54) is 12.4 Å². The molecule has 2 rings (SSSR count). The Balaban J connectivity index is 1.65. The lowest BCUT2D eigenvalue weighted by molar-refractivity contribution is 0.0670. The van der Waals surface area contributed by atoms with Gasteiger partial charge in [0, 0.05) is 25.4 Å². The van der Waals surface area contributed by atoms with Crippen LogP contribution in [0.3, 0.4) is 0 Å². The summed E-state index contributed by atoms with van der Waals surface area (Å²) in [4.78, 5) is 15.5. The number of alkyl halides is 2. The average molecular weight is 338 g/mol. The normalized spacial score (nSPS) is 12.0. The number of benzene rings is 1. The number of halogens is 2. The summed E-state index contributed by atoms with van der Waals surface area (Å²) in [6.07, 6.45) is 2.55. The predicted octanol–water partition coefficient (Wildman–Crippen LogP) is 2.59. The number of aromatic nitrogens is 2. The molecule has 0 unspecified atom stereocenters. The summed E-state index contributed by atoms with van der Waals surface area (Å²) in [5.41, 5.74) is 0. The Morgan fingerprint density at radius 1 is 1.29 bits per heavy atom. The molecule has 2 aromatic rings. The third-order valence-electron chi connectivity index (χ3n) is 3.22. The Morgan fingerprint density at radius 2 is 2.04 bits per heavy atom. The Hall–Kier alpha value is -2.64. The van der Waals surface area contributed by atoms with Crippen molar-refractivity contribution in [2.24, 2.45) is 0 Å². The van der Waals surface area contributed by atoms with E-state index in [-0.39, 0.29) is 30.9 Å². The standard InChI is InChI=1S/C16H20F2N4O2/c1-12(24-13-5-3-2-4-6-13)11-21-16(23)20-8-7-14-19-9-10-22(14)15(17)18/h2-6,9-10,12,15H,7-8,11H2,1H3,(H2,20,21,23)/t12-/m1/s1. The number of nitrogens with one attached hydrogen (secondary N) is 2. The van der Waals surface area contributed by atoms with Crippen LogP contribution in [0.1, 0.15) is 19.3 Å². The lowest BCUT2D eigenvalue weighted by atomic mass is 10.3. The monoisotopic (exact) mass is 338 g/mol. The molecule has 0 radical (unpaired) electrons. The zero-order valence-electron chi connectivity index (χ0n) is 13.3. The second kappa shape index (κ2) is 8.85. The number of rotatable bonds is 8. The number of urea groups is 1. The van der Waals surface area contributed by atoms with Crippen LogP contribution in [-0.2, 0) is 6.42 Å². The topological polar surface area (TPSA) is 68.2 Å². The minimum absolute atomic E-state index is 0.198. The fourth-order valence-corrected chi connectivity index (χ4v) is 2.08. The fraction of sp³-hybridized carbons (Fsp3) is 0.375. The summed E-state index contributed by atoms with van der Waals surface area (Å²) in [7, 11) is 0. The van der Waals surface area contributed by atoms with E-state index in [0.29, 0.717) is 6.54 Å². The van der Waals surface area contributed by atoms with Crippen LogP contribution in [0.5, 0.6) is 5.75 Å². The van der Waals surface area contributed by atoms with Gasteiger partial charge in [0.05, 0.1) is 6.54 Å². The highest BCUT2D eigenvalue weighted by Gasteiger charge is 2.11. The van der Waals surface area contributed by atoms with E-state index in [9.17, 15) is 13.6 Å². The predicted molar refractivity (Wildman–Crippen MR) is 85.1 cm³/mol. The van der Waals surface area contributed by atoms with Gasteiger partial charge >= 0.3 is 12.6 Å². The summed E-state index contributed by atoms with van der Waals surface area (Å²) in [6.45, 7) is -0.255. The quantitative estimate of drug-likeness (QED) is 0.777. The first-order valence-corrected chi connectivity index (χ1v) is 7.59. The minimum atomic E-state index is -2.63. The van der Waals surface area contributed by atoms with Crippen molar-refractivity contribution in [1.29, 1.82) is 0 Å². The van der Waals surface area contributed by atoms with Crippen LogP contribution in [0.2, 0.25) is 0 Å². The van der Waals surface area contributed by atoms with Gasteiger partial charge in [-0.2, -0.15) is 8.78 Å². The number of nitrogens with zero attached hydrogens (tertiary/aromatic N) is 2. The molecule has 0 saturated heterocycles.